The summed E-state index contributed by atoms with van der Waals surface area (Å²) in [6.07, 6.45) is 5.66. The number of halogens is 2. The van der Waals surface area contributed by atoms with E-state index in [4.69, 9.17) is 0 Å². The van der Waals surface area contributed by atoms with Gasteiger partial charge in [0, 0.05) is 16.7 Å². The molecule has 1 heterocycles. The highest BCUT2D eigenvalue weighted by Gasteiger charge is 2.21. The second-order valence-electron chi connectivity index (χ2n) is 4.24. The minimum atomic E-state index is 0.588. The molecule has 0 aromatic carbocycles. The molecule has 82 valence electrons. The fourth-order valence-electron chi connectivity index (χ4n) is 2.05. The fraction of sp³-hybridized carbons (Fsp3) is 0.545. The van der Waals surface area contributed by atoms with E-state index in [-0.39, 0.29) is 0 Å². The number of nitrogens with one attached hydrogen (secondary N) is 1. The summed E-state index contributed by atoms with van der Waals surface area (Å²) in [5.74, 6) is 1.80. The highest BCUT2D eigenvalue weighted by molar-refractivity contribution is 9.11. The van der Waals surface area contributed by atoms with Gasteiger partial charge in [-0.3, -0.25) is 0 Å². The highest BCUT2D eigenvalue weighted by atomic mass is 79.9. The van der Waals surface area contributed by atoms with Crippen LogP contribution in [0.3, 0.4) is 0 Å². The second kappa shape index (κ2) is 4.83. The molecule has 2 unspecified atom stereocenters. The Balaban J connectivity index is 2.04. The van der Waals surface area contributed by atoms with Gasteiger partial charge >= 0.3 is 0 Å². The van der Waals surface area contributed by atoms with E-state index in [1.54, 1.807) is 0 Å². The Kier molecular flexibility index (Phi) is 3.67. The molecule has 1 fully saturated rings. The molecule has 2 nitrogen and oxygen atoms in total. The normalized spacial score (nSPS) is 25.5. The van der Waals surface area contributed by atoms with Gasteiger partial charge in [0.25, 0.3) is 0 Å². The van der Waals surface area contributed by atoms with E-state index < -0.39 is 0 Å². The minimum absolute atomic E-state index is 0.588. The lowest BCUT2D eigenvalue weighted by atomic mass is 10.1. The second-order valence-corrected chi connectivity index (χ2v) is 6.01. The molecule has 0 bridgehead atoms. The number of anilines is 1. The lowest BCUT2D eigenvalue weighted by Gasteiger charge is -2.14. The Morgan fingerprint density at radius 2 is 2.20 bits per heavy atom. The van der Waals surface area contributed by atoms with Crippen molar-refractivity contribution in [1.82, 2.24) is 4.98 Å². The van der Waals surface area contributed by atoms with Crippen LogP contribution in [-0.4, -0.2) is 11.0 Å². The summed E-state index contributed by atoms with van der Waals surface area (Å²) in [6.45, 7) is 2.31. The van der Waals surface area contributed by atoms with E-state index in [2.05, 4.69) is 49.1 Å². The van der Waals surface area contributed by atoms with Gasteiger partial charge in [0.2, 0.25) is 0 Å². The number of hydrogen-bond donors (Lipinski definition) is 1. The van der Waals surface area contributed by atoms with Crippen LogP contribution in [0, 0.1) is 5.92 Å². The Bertz CT molecular complexity index is 354. The zero-order valence-corrected chi connectivity index (χ0v) is 11.8. The molecule has 15 heavy (non-hydrogen) atoms. The standard InChI is InChI=1S/C11H14Br2N2/c1-7-2-3-9(4-7)15-11-10(13)5-8(12)6-14-11/h5-7,9H,2-4H2,1H3,(H,14,15). The number of hydrogen-bond acceptors (Lipinski definition) is 2. The molecule has 0 saturated heterocycles. The molecule has 1 aliphatic rings. The summed E-state index contributed by atoms with van der Waals surface area (Å²) in [7, 11) is 0. The molecule has 1 aliphatic carbocycles. The summed E-state index contributed by atoms with van der Waals surface area (Å²) in [5, 5.41) is 3.49. The fourth-order valence-corrected chi connectivity index (χ4v) is 3.15. The molecule has 0 spiro atoms. The Morgan fingerprint density at radius 1 is 1.40 bits per heavy atom. The molecule has 1 N–H and O–H groups in total. The molecular weight excluding hydrogens is 320 g/mol. The molecule has 4 heteroatoms. The summed E-state index contributed by atoms with van der Waals surface area (Å²) >= 11 is 6.91. The van der Waals surface area contributed by atoms with Crippen LogP contribution < -0.4 is 5.32 Å². The van der Waals surface area contributed by atoms with Crippen LogP contribution >= 0.6 is 31.9 Å². The van der Waals surface area contributed by atoms with E-state index in [0.29, 0.717) is 6.04 Å². The van der Waals surface area contributed by atoms with Crippen molar-refractivity contribution < 1.29 is 0 Å². The van der Waals surface area contributed by atoms with E-state index in [1.807, 2.05) is 12.3 Å². The maximum atomic E-state index is 4.36. The molecule has 1 aromatic rings. The number of aromatic nitrogens is 1. The zero-order valence-electron chi connectivity index (χ0n) is 8.63. The highest BCUT2D eigenvalue weighted by Crippen LogP contribution is 2.30. The van der Waals surface area contributed by atoms with Crippen molar-refractivity contribution in [2.75, 3.05) is 5.32 Å². The first kappa shape index (κ1) is 11.4. The lowest BCUT2D eigenvalue weighted by Crippen LogP contribution is -2.16. The zero-order chi connectivity index (χ0) is 10.8. The molecular formula is C11H14Br2N2. The van der Waals surface area contributed by atoms with Crippen LogP contribution in [0.5, 0.6) is 0 Å². The van der Waals surface area contributed by atoms with Gasteiger partial charge in [-0.2, -0.15) is 0 Å². The van der Waals surface area contributed by atoms with E-state index >= 15 is 0 Å². The first-order valence-corrected chi connectivity index (χ1v) is 6.81. The molecule has 0 aliphatic heterocycles. The van der Waals surface area contributed by atoms with Crippen molar-refractivity contribution in [2.45, 2.75) is 32.2 Å². The summed E-state index contributed by atoms with van der Waals surface area (Å²) in [6, 6.07) is 2.61. The van der Waals surface area contributed by atoms with Crippen molar-refractivity contribution in [3.8, 4) is 0 Å². The Hall–Kier alpha value is -0.0900. The Labute approximate surface area is 107 Å². The average Bonchev–Trinajstić information content (AvgIpc) is 2.56. The van der Waals surface area contributed by atoms with Gasteiger partial charge in [-0.1, -0.05) is 6.92 Å². The number of pyridine rings is 1. The van der Waals surface area contributed by atoms with E-state index in [1.165, 1.54) is 19.3 Å². The van der Waals surface area contributed by atoms with Crippen LogP contribution in [-0.2, 0) is 0 Å². The summed E-state index contributed by atoms with van der Waals surface area (Å²) in [5.41, 5.74) is 0. The Morgan fingerprint density at radius 3 is 2.80 bits per heavy atom. The molecule has 2 atom stereocenters. The first-order chi connectivity index (χ1) is 7.15. The summed E-state index contributed by atoms with van der Waals surface area (Å²) < 4.78 is 2.02. The van der Waals surface area contributed by atoms with Gasteiger partial charge in [0.1, 0.15) is 5.82 Å². The maximum Gasteiger partial charge on any atom is 0.140 e. The van der Waals surface area contributed by atoms with Gasteiger partial charge in [0.05, 0.1) is 4.47 Å². The number of nitrogens with zero attached hydrogens (tertiary/aromatic N) is 1. The first-order valence-electron chi connectivity index (χ1n) is 5.22. The molecule has 2 rings (SSSR count). The van der Waals surface area contributed by atoms with Gasteiger partial charge in [0.15, 0.2) is 0 Å². The SMILES string of the molecule is CC1CCC(Nc2ncc(Br)cc2Br)C1. The van der Waals surface area contributed by atoms with Crippen molar-refractivity contribution >= 4 is 37.7 Å². The third-order valence-corrected chi connectivity index (χ3v) is 3.88. The van der Waals surface area contributed by atoms with E-state index in [9.17, 15) is 0 Å². The van der Waals surface area contributed by atoms with Gasteiger partial charge < -0.3 is 5.32 Å². The van der Waals surface area contributed by atoms with Crippen LogP contribution in [0.15, 0.2) is 21.2 Å². The predicted molar refractivity (Wildman–Crippen MR) is 70.1 cm³/mol. The van der Waals surface area contributed by atoms with Crippen LogP contribution in [0.1, 0.15) is 26.2 Å². The van der Waals surface area contributed by atoms with Crippen molar-refractivity contribution in [2.24, 2.45) is 5.92 Å². The van der Waals surface area contributed by atoms with Crippen molar-refractivity contribution in [1.29, 1.82) is 0 Å². The third kappa shape index (κ3) is 2.94. The monoisotopic (exact) mass is 332 g/mol. The maximum absolute atomic E-state index is 4.36. The minimum Gasteiger partial charge on any atom is -0.366 e. The van der Waals surface area contributed by atoms with Crippen LogP contribution in [0.2, 0.25) is 0 Å². The van der Waals surface area contributed by atoms with Gasteiger partial charge in [-0.15, -0.1) is 0 Å². The number of rotatable bonds is 2. The smallest absolute Gasteiger partial charge is 0.140 e. The molecule has 0 radical (unpaired) electrons. The average molecular weight is 334 g/mol. The third-order valence-electron chi connectivity index (χ3n) is 2.84. The van der Waals surface area contributed by atoms with Crippen molar-refractivity contribution in [3.05, 3.63) is 21.2 Å². The molecule has 0 amide bonds. The predicted octanol–water partition coefficient (Wildman–Crippen LogP) is 4.21. The lowest BCUT2D eigenvalue weighted by molar-refractivity contribution is 0.602. The van der Waals surface area contributed by atoms with Gasteiger partial charge in [-0.25, -0.2) is 4.98 Å². The van der Waals surface area contributed by atoms with Crippen LogP contribution in [0.4, 0.5) is 5.82 Å². The molecule has 1 aromatic heterocycles. The summed E-state index contributed by atoms with van der Waals surface area (Å²) in [4.78, 5) is 4.36. The quantitative estimate of drug-likeness (QED) is 0.877. The van der Waals surface area contributed by atoms with Gasteiger partial charge in [-0.05, 0) is 63.1 Å². The topological polar surface area (TPSA) is 24.9 Å². The largest absolute Gasteiger partial charge is 0.366 e. The molecule has 1 saturated carbocycles. The van der Waals surface area contributed by atoms with Crippen molar-refractivity contribution in [3.63, 3.8) is 0 Å². The van der Waals surface area contributed by atoms with Crippen LogP contribution in [0.25, 0.3) is 0 Å². The van der Waals surface area contributed by atoms with E-state index in [0.717, 1.165) is 20.7 Å².